The van der Waals surface area contributed by atoms with Gasteiger partial charge in [-0.2, -0.15) is 4.72 Å². The second kappa shape index (κ2) is 11.6. The third kappa shape index (κ3) is 6.74. The van der Waals surface area contributed by atoms with Gasteiger partial charge in [-0.15, -0.1) is 0 Å². The van der Waals surface area contributed by atoms with Crippen LogP contribution in [0.2, 0.25) is 0 Å². The predicted molar refractivity (Wildman–Crippen MR) is 135 cm³/mol. The van der Waals surface area contributed by atoms with Crippen LogP contribution in [-0.2, 0) is 14.8 Å². The van der Waals surface area contributed by atoms with Gasteiger partial charge >= 0.3 is 5.97 Å². The van der Waals surface area contributed by atoms with E-state index in [1.807, 2.05) is 4.90 Å². The maximum atomic E-state index is 15.0. The lowest BCUT2D eigenvalue weighted by atomic mass is 10.1. The topological polar surface area (TPSA) is 143 Å². The molecule has 37 heavy (non-hydrogen) atoms. The molecule has 1 amide bonds. The molecule has 0 spiro atoms. The zero-order chi connectivity index (χ0) is 26.4. The maximum absolute atomic E-state index is 15.0. The summed E-state index contributed by atoms with van der Waals surface area (Å²) in [6.07, 6.45) is -1.14. The van der Waals surface area contributed by atoms with Crippen LogP contribution in [0, 0.1) is 5.82 Å². The highest BCUT2D eigenvalue weighted by molar-refractivity contribution is 7.89. The van der Waals surface area contributed by atoms with E-state index in [0.717, 1.165) is 31.5 Å². The third-order valence-corrected chi connectivity index (χ3v) is 7.53. The number of nitrogens with one attached hydrogen (secondary N) is 3. The van der Waals surface area contributed by atoms with Gasteiger partial charge in [-0.25, -0.2) is 12.8 Å². The number of carbonyl (C=O) groups is 2. The Hall–Kier alpha value is -3.71. The van der Waals surface area contributed by atoms with Gasteiger partial charge in [0.1, 0.15) is 12.0 Å². The molecule has 1 unspecified atom stereocenters. The summed E-state index contributed by atoms with van der Waals surface area (Å²) in [6.45, 7) is 4.17. The summed E-state index contributed by atoms with van der Waals surface area (Å²) in [6, 6.07) is 11.3. The molecule has 2 aliphatic heterocycles. The molecule has 0 bridgehead atoms. The highest BCUT2D eigenvalue weighted by Gasteiger charge is 2.26. The molecular weight excluding hydrogens is 503 g/mol. The second-order valence-corrected chi connectivity index (χ2v) is 10.4. The number of rotatable bonds is 8. The number of sulfonamides is 1. The Morgan fingerprint density at radius 2 is 1.78 bits per heavy atom. The lowest BCUT2D eigenvalue weighted by Gasteiger charge is -2.38. The van der Waals surface area contributed by atoms with E-state index in [1.54, 1.807) is 6.07 Å². The summed E-state index contributed by atoms with van der Waals surface area (Å²) < 4.78 is 42.4. The Balaban J connectivity index is 1.41. The van der Waals surface area contributed by atoms with Gasteiger partial charge in [0, 0.05) is 44.8 Å². The van der Waals surface area contributed by atoms with Gasteiger partial charge in [0.05, 0.1) is 17.0 Å². The largest absolute Gasteiger partial charge is 0.481 e. The zero-order valence-corrected chi connectivity index (χ0v) is 20.9. The minimum absolute atomic E-state index is 0.0602. The molecule has 0 saturated carbocycles. The number of hydrogen-bond donors (Lipinski definition) is 4. The molecule has 0 aromatic heterocycles. The summed E-state index contributed by atoms with van der Waals surface area (Å²) >= 11 is 0. The lowest BCUT2D eigenvalue weighted by molar-refractivity contribution is -0.137. The van der Waals surface area contributed by atoms with Crippen molar-refractivity contribution in [1.82, 2.24) is 20.3 Å². The molecule has 1 fully saturated rings. The van der Waals surface area contributed by atoms with Crippen LogP contribution in [0.4, 0.5) is 10.1 Å². The summed E-state index contributed by atoms with van der Waals surface area (Å²) in [5.74, 6) is -1.86. The first-order chi connectivity index (χ1) is 17.7. The van der Waals surface area contributed by atoms with E-state index in [9.17, 15) is 23.1 Å². The molecular formula is C24H29FN6O5S. The predicted octanol–water partition coefficient (Wildman–Crippen LogP) is 0.806. The molecule has 2 aliphatic rings. The highest BCUT2D eigenvalue weighted by atomic mass is 32.2. The van der Waals surface area contributed by atoms with Gasteiger partial charge < -0.3 is 25.5 Å². The number of piperazine rings is 1. The molecule has 1 atom stereocenters. The van der Waals surface area contributed by atoms with Crippen molar-refractivity contribution in [3.05, 3.63) is 59.9 Å². The molecule has 4 N–H and O–H groups in total. The minimum atomic E-state index is -4.10. The number of carbonyl (C=O) groups excluding carboxylic acids is 1. The van der Waals surface area contributed by atoms with Crippen LogP contribution in [0.5, 0.6) is 0 Å². The number of halogens is 1. The molecule has 1 saturated heterocycles. The standard InChI is InChI=1S/C24H29FN6O5S/c25-19-15-17(7-8-20(19)30-11-13-31(14-12-30)24-26-9-4-10-27-24)23(34)28-21(16-22(32)33)29-37(35,36)18-5-2-1-3-6-18/h1-3,5-8,15,21,29H,4,9-14,16H2,(H,26,27)(H,28,34)(H,32,33). The fourth-order valence-corrected chi connectivity index (χ4v) is 5.36. The van der Waals surface area contributed by atoms with Crippen molar-refractivity contribution >= 4 is 33.5 Å². The van der Waals surface area contributed by atoms with E-state index >= 15 is 4.39 Å². The lowest BCUT2D eigenvalue weighted by Crippen LogP contribution is -2.53. The quantitative estimate of drug-likeness (QED) is 0.366. The van der Waals surface area contributed by atoms with Crippen LogP contribution in [0.1, 0.15) is 23.2 Å². The van der Waals surface area contributed by atoms with Gasteiger partial charge in [-0.05, 0) is 36.8 Å². The molecule has 13 heteroatoms. The summed E-state index contributed by atoms with van der Waals surface area (Å²) in [7, 11) is -4.10. The normalized spacial score (nSPS) is 16.9. The number of guanidine groups is 1. The van der Waals surface area contributed by atoms with E-state index in [4.69, 9.17) is 0 Å². The van der Waals surface area contributed by atoms with Crippen molar-refractivity contribution < 1.29 is 27.5 Å². The molecule has 2 heterocycles. The number of aliphatic carboxylic acids is 1. The molecule has 2 aromatic rings. The molecule has 4 rings (SSSR count). The van der Waals surface area contributed by atoms with Crippen LogP contribution < -0.4 is 20.3 Å². The number of hydrogen-bond acceptors (Lipinski definition) is 8. The van der Waals surface area contributed by atoms with Crippen molar-refractivity contribution in [3.8, 4) is 0 Å². The first kappa shape index (κ1) is 26.4. The highest BCUT2D eigenvalue weighted by Crippen LogP contribution is 2.22. The van der Waals surface area contributed by atoms with Gasteiger partial charge in [0.25, 0.3) is 5.91 Å². The smallest absolute Gasteiger partial charge is 0.306 e. The van der Waals surface area contributed by atoms with E-state index in [0.29, 0.717) is 31.9 Å². The van der Waals surface area contributed by atoms with Crippen molar-refractivity contribution in [2.45, 2.75) is 23.9 Å². The van der Waals surface area contributed by atoms with Crippen LogP contribution in [0.15, 0.2) is 58.4 Å². The van der Waals surface area contributed by atoms with Crippen LogP contribution >= 0.6 is 0 Å². The molecule has 198 valence electrons. The van der Waals surface area contributed by atoms with E-state index in [2.05, 4.69) is 25.2 Å². The Labute approximate surface area is 214 Å². The van der Waals surface area contributed by atoms with Gasteiger partial charge in [0.2, 0.25) is 10.0 Å². The van der Waals surface area contributed by atoms with Gasteiger partial charge in [0.15, 0.2) is 5.96 Å². The monoisotopic (exact) mass is 532 g/mol. The molecule has 11 nitrogen and oxygen atoms in total. The molecule has 0 radical (unpaired) electrons. The zero-order valence-electron chi connectivity index (χ0n) is 20.1. The number of carboxylic acid groups (broad SMARTS) is 1. The maximum Gasteiger partial charge on any atom is 0.306 e. The van der Waals surface area contributed by atoms with Crippen molar-refractivity contribution in [1.29, 1.82) is 0 Å². The summed E-state index contributed by atoms with van der Waals surface area (Å²) in [4.78, 5) is 32.5. The Bertz CT molecular complexity index is 1270. The van der Waals surface area contributed by atoms with Gasteiger partial charge in [-0.3, -0.25) is 14.6 Å². The Kier molecular flexibility index (Phi) is 8.24. The van der Waals surface area contributed by atoms with Crippen molar-refractivity contribution in [3.63, 3.8) is 0 Å². The molecule has 0 aliphatic carbocycles. The van der Waals surface area contributed by atoms with Crippen molar-refractivity contribution in [2.24, 2.45) is 4.99 Å². The molecule has 2 aromatic carbocycles. The summed E-state index contributed by atoms with van der Waals surface area (Å²) in [5.41, 5.74) is 0.288. The number of nitrogens with zero attached hydrogens (tertiary/aromatic N) is 3. The third-order valence-electron chi connectivity index (χ3n) is 6.04. The van der Waals surface area contributed by atoms with Crippen LogP contribution in [0.25, 0.3) is 0 Å². The average Bonchev–Trinajstić information content (AvgIpc) is 2.89. The number of benzene rings is 2. The van der Waals surface area contributed by atoms with Crippen LogP contribution in [-0.4, -0.2) is 81.7 Å². The van der Waals surface area contributed by atoms with E-state index < -0.39 is 40.3 Å². The first-order valence-corrected chi connectivity index (χ1v) is 13.4. The van der Waals surface area contributed by atoms with Crippen LogP contribution in [0.3, 0.4) is 0 Å². The SMILES string of the molecule is O=C(O)CC(NC(=O)c1ccc(N2CCN(C3=NCCCN3)CC2)c(F)c1)NS(=O)(=O)c1ccccc1. The fraction of sp³-hybridized carbons (Fsp3) is 0.375. The van der Waals surface area contributed by atoms with E-state index in [1.165, 1.54) is 36.4 Å². The van der Waals surface area contributed by atoms with E-state index in [-0.39, 0.29) is 10.5 Å². The Morgan fingerprint density at radius 1 is 1.08 bits per heavy atom. The number of aliphatic imine (C=N–C) groups is 1. The van der Waals surface area contributed by atoms with Gasteiger partial charge in [-0.1, -0.05) is 18.2 Å². The summed E-state index contributed by atoms with van der Waals surface area (Å²) in [5, 5.41) is 14.8. The number of anilines is 1. The first-order valence-electron chi connectivity index (χ1n) is 11.9. The second-order valence-electron chi connectivity index (χ2n) is 8.68. The fourth-order valence-electron chi connectivity index (χ4n) is 4.19. The Morgan fingerprint density at radius 3 is 2.41 bits per heavy atom. The minimum Gasteiger partial charge on any atom is -0.481 e. The number of carboxylic acids is 1. The average molecular weight is 533 g/mol. The number of amides is 1. The van der Waals surface area contributed by atoms with Crippen molar-refractivity contribution in [2.75, 3.05) is 44.2 Å².